The molecule has 0 aromatic heterocycles. The van der Waals surface area contributed by atoms with Gasteiger partial charge in [-0.3, -0.25) is 19.4 Å². The van der Waals surface area contributed by atoms with Crippen LogP contribution in [0.1, 0.15) is 18.4 Å². The van der Waals surface area contributed by atoms with Crippen LogP contribution in [0.3, 0.4) is 0 Å². The van der Waals surface area contributed by atoms with E-state index in [9.17, 15) is 14.0 Å². The van der Waals surface area contributed by atoms with E-state index in [0.29, 0.717) is 45.0 Å². The predicted molar refractivity (Wildman–Crippen MR) is 111 cm³/mol. The second kappa shape index (κ2) is 9.31. The molecule has 2 saturated heterocycles. The highest BCUT2D eigenvalue weighted by atomic mass is 19.1. The van der Waals surface area contributed by atoms with E-state index in [0.717, 1.165) is 44.6 Å². The Bertz CT molecular complexity index is 770. The number of methoxy groups -OCH3 is 1. The average Bonchev–Trinajstić information content (AvgIpc) is 3.60. The van der Waals surface area contributed by atoms with Gasteiger partial charge in [0.05, 0.1) is 13.7 Å². The standard InChI is InChI=1S/C22H31FN4O3/c1-30-20-5-4-19(23)14-18(20)15-24-6-8-25(9-7-24)16-21(28)26-10-12-27(13-11-26)22(29)17-2-3-17/h4-5,14,17H,2-3,6-13,15-16H2,1H3. The molecule has 2 heterocycles. The zero-order chi connectivity index (χ0) is 21.1. The first-order valence-corrected chi connectivity index (χ1v) is 10.9. The largest absolute Gasteiger partial charge is 0.496 e. The molecule has 0 atom stereocenters. The monoisotopic (exact) mass is 418 g/mol. The summed E-state index contributed by atoms with van der Waals surface area (Å²) in [5.41, 5.74) is 0.848. The highest BCUT2D eigenvalue weighted by molar-refractivity contribution is 5.82. The van der Waals surface area contributed by atoms with Crippen molar-refractivity contribution in [3.63, 3.8) is 0 Å². The number of halogens is 1. The molecule has 30 heavy (non-hydrogen) atoms. The van der Waals surface area contributed by atoms with Crippen molar-refractivity contribution >= 4 is 11.8 Å². The number of hydrogen-bond acceptors (Lipinski definition) is 5. The number of nitrogens with zero attached hydrogens (tertiary/aromatic N) is 4. The number of piperazine rings is 2. The van der Waals surface area contributed by atoms with Gasteiger partial charge in [0.1, 0.15) is 11.6 Å². The van der Waals surface area contributed by atoms with Crippen LogP contribution < -0.4 is 4.74 Å². The van der Waals surface area contributed by atoms with Gasteiger partial charge in [0.25, 0.3) is 0 Å². The van der Waals surface area contributed by atoms with Gasteiger partial charge in [-0.15, -0.1) is 0 Å². The van der Waals surface area contributed by atoms with Crippen LogP contribution in [0, 0.1) is 11.7 Å². The number of ether oxygens (including phenoxy) is 1. The Morgan fingerprint density at radius 2 is 1.60 bits per heavy atom. The normalized spacial score (nSPS) is 21.0. The molecular weight excluding hydrogens is 387 g/mol. The Kier molecular flexibility index (Phi) is 6.53. The van der Waals surface area contributed by atoms with Gasteiger partial charge in [0.2, 0.25) is 11.8 Å². The zero-order valence-electron chi connectivity index (χ0n) is 17.7. The number of benzene rings is 1. The molecule has 0 N–H and O–H groups in total. The minimum Gasteiger partial charge on any atom is -0.496 e. The van der Waals surface area contributed by atoms with Crippen LogP contribution in [0.25, 0.3) is 0 Å². The maximum Gasteiger partial charge on any atom is 0.236 e. The summed E-state index contributed by atoms with van der Waals surface area (Å²) in [5.74, 6) is 1.11. The Morgan fingerprint density at radius 3 is 2.23 bits per heavy atom. The van der Waals surface area contributed by atoms with Crippen molar-refractivity contribution in [2.75, 3.05) is 66.0 Å². The van der Waals surface area contributed by atoms with Gasteiger partial charge in [0, 0.05) is 70.4 Å². The molecule has 4 rings (SSSR count). The number of carbonyl (C=O) groups excluding carboxylic acids is 2. The summed E-state index contributed by atoms with van der Waals surface area (Å²) in [5, 5.41) is 0. The lowest BCUT2D eigenvalue weighted by atomic mass is 10.1. The first-order chi connectivity index (χ1) is 14.5. The van der Waals surface area contributed by atoms with E-state index >= 15 is 0 Å². The van der Waals surface area contributed by atoms with Crippen LogP contribution in [-0.2, 0) is 16.1 Å². The first-order valence-electron chi connectivity index (χ1n) is 10.9. The molecule has 3 aliphatic rings. The van der Waals surface area contributed by atoms with Crippen molar-refractivity contribution < 1.29 is 18.7 Å². The molecule has 2 amide bonds. The van der Waals surface area contributed by atoms with Gasteiger partial charge in [-0.2, -0.15) is 0 Å². The summed E-state index contributed by atoms with van der Waals surface area (Å²) in [6.45, 7) is 6.93. The van der Waals surface area contributed by atoms with E-state index in [-0.39, 0.29) is 23.5 Å². The zero-order valence-corrected chi connectivity index (χ0v) is 17.7. The van der Waals surface area contributed by atoms with E-state index in [4.69, 9.17) is 4.74 Å². The SMILES string of the molecule is COc1ccc(F)cc1CN1CCN(CC(=O)N2CCN(C(=O)C3CC3)CC2)CC1. The lowest BCUT2D eigenvalue weighted by Crippen LogP contribution is -2.54. The number of amides is 2. The van der Waals surface area contributed by atoms with Crippen LogP contribution in [0.4, 0.5) is 4.39 Å². The van der Waals surface area contributed by atoms with Crippen LogP contribution in [0.2, 0.25) is 0 Å². The van der Waals surface area contributed by atoms with Crippen LogP contribution >= 0.6 is 0 Å². The van der Waals surface area contributed by atoms with Gasteiger partial charge >= 0.3 is 0 Å². The van der Waals surface area contributed by atoms with Crippen molar-refractivity contribution in [1.82, 2.24) is 19.6 Å². The maximum atomic E-state index is 13.6. The summed E-state index contributed by atoms with van der Waals surface area (Å²) in [4.78, 5) is 33.1. The fraction of sp³-hybridized carbons (Fsp3) is 0.636. The van der Waals surface area contributed by atoms with E-state index in [2.05, 4.69) is 9.80 Å². The molecule has 0 spiro atoms. The highest BCUT2D eigenvalue weighted by Gasteiger charge is 2.35. The van der Waals surface area contributed by atoms with Gasteiger partial charge in [-0.25, -0.2) is 4.39 Å². The van der Waals surface area contributed by atoms with E-state index in [1.165, 1.54) is 12.1 Å². The van der Waals surface area contributed by atoms with E-state index in [1.54, 1.807) is 13.2 Å². The quantitative estimate of drug-likeness (QED) is 0.691. The third-order valence-electron chi connectivity index (χ3n) is 6.33. The van der Waals surface area contributed by atoms with Crippen LogP contribution in [0.15, 0.2) is 18.2 Å². The van der Waals surface area contributed by atoms with E-state index < -0.39 is 0 Å². The first kappa shape index (κ1) is 21.1. The molecule has 164 valence electrons. The smallest absolute Gasteiger partial charge is 0.236 e. The third-order valence-corrected chi connectivity index (χ3v) is 6.33. The summed E-state index contributed by atoms with van der Waals surface area (Å²) in [6.07, 6.45) is 2.05. The van der Waals surface area contributed by atoms with E-state index in [1.807, 2.05) is 9.80 Å². The molecule has 8 heteroatoms. The van der Waals surface area contributed by atoms with Crippen LogP contribution in [-0.4, -0.2) is 97.4 Å². The second-order valence-electron chi connectivity index (χ2n) is 8.49. The Morgan fingerprint density at radius 1 is 0.967 bits per heavy atom. The van der Waals surface area contributed by atoms with Gasteiger partial charge in [-0.05, 0) is 31.0 Å². The number of carbonyl (C=O) groups is 2. The molecule has 1 saturated carbocycles. The minimum absolute atomic E-state index is 0.147. The van der Waals surface area contributed by atoms with Crippen molar-refractivity contribution in [2.45, 2.75) is 19.4 Å². The fourth-order valence-electron chi connectivity index (χ4n) is 4.27. The summed E-state index contributed by atoms with van der Waals surface area (Å²) >= 11 is 0. The summed E-state index contributed by atoms with van der Waals surface area (Å²) in [6, 6.07) is 4.60. The molecule has 0 radical (unpaired) electrons. The summed E-state index contributed by atoms with van der Waals surface area (Å²) < 4.78 is 18.9. The molecule has 2 aliphatic heterocycles. The lowest BCUT2D eigenvalue weighted by molar-refractivity contribution is -0.141. The third kappa shape index (κ3) is 5.10. The minimum atomic E-state index is -0.256. The molecule has 0 bridgehead atoms. The lowest BCUT2D eigenvalue weighted by Gasteiger charge is -2.38. The molecule has 1 aliphatic carbocycles. The maximum absolute atomic E-state index is 13.6. The van der Waals surface area contributed by atoms with Gasteiger partial charge in [0.15, 0.2) is 0 Å². The molecule has 1 aromatic carbocycles. The topological polar surface area (TPSA) is 56.3 Å². The average molecular weight is 419 g/mol. The second-order valence-corrected chi connectivity index (χ2v) is 8.49. The van der Waals surface area contributed by atoms with Crippen molar-refractivity contribution in [3.05, 3.63) is 29.6 Å². The molecule has 1 aromatic rings. The predicted octanol–water partition coefficient (Wildman–Crippen LogP) is 1.03. The molecule has 3 fully saturated rings. The van der Waals surface area contributed by atoms with Crippen molar-refractivity contribution in [2.24, 2.45) is 5.92 Å². The van der Waals surface area contributed by atoms with Gasteiger partial charge < -0.3 is 14.5 Å². The van der Waals surface area contributed by atoms with Crippen molar-refractivity contribution in [1.29, 1.82) is 0 Å². The van der Waals surface area contributed by atoms with Crippen molar-refractivity contribution in [3.8, 4) is 5.75 Å². The number of hydrogen-bond donors (Lipinski definition) is 0. The molecular formula is C22H31FN4O3. The molecule has 0 unspecified atom stereocenters. The Hall–Kier alpha value is -2.19. The van der Waals surface area contributed by atoms with Crippen LogP contribution in [0.5, 0.6) is 5.75 Å². The fourth-order valence-corrected chi connectivity index (χ4v) is 4.27. The highest BCUT2D eigenvalue weighted by Crippen LogP contribution is 2.31. The number of rotatable bonds is 6. The Labute approximate surface area is 177 Å². The Balaban J connectivity index is 1.20. The summed E-state index contributed by atoms with van der Waals surface area (Å²) in [7, 11) is 1.60. The molecule has 7 nitrogen and oxygen atoms in total. The van der Waals surface area contributed by atoms with Gasteiger partial charge in [-0.1, -0.05) is 0 Å².